The van der Waals surface area contributed by atoms with E-state index in [0.29, 0.717) is 0 Å². The molecule has 1 aliphatic rings. The Morgan fingerprint density at radius 2 is 2.06 bits per heavy atom. The maximum atomic E-state index is 12.0. The van der Waals surface area contributed by atoms with E-state index in [1.54, 1.807) is 0 Å². The third-order valence-electron chi connectivity index (χ3n) is 3.78. The van der Waals surface area contributed by atoms with Crippen LogP contribution in [0.1, 0.15) is 46.5 Å². The van der Waals surface area contributed by atoms with Crippen molar-refractivity contribution in [1.82, 2.24) is 4.90 Å². The minimum atomic E-state index is -0.296. The molecule has 1 rings (SSSR count). The molecule has 1 amide bonds. The molecule has 0 aromatic rings. The molecule has 1 heterocycles. The molecule has 0 aromatic heterocycles. The largest absolute Gasteiger partial charge is 0.341 e. The summed E-state index contributed by atoms with van der Waals surface area (Å²) in [6, 6.07) is -0.296. The number of carbonyl (C=O) groups excluding carboxylic acids is 1. The highest BCUT2D eigenvalue weighted by Crippen LogP contribution is 2.24. The number of likely N-dealkylation sites (tertiary alicyclic amines) is 1. The van der Waals surface area contributed by atoms with Crippen LogP contribution in [0, 0.1) is 11.8 Å². The summed E-state index contributed by atoms with van der Waals surface area (Å²) < 4.78 is 0. The molecule has 3 heteroatoms. The van der Waals surface area contributed by atoms with Gasteiger partial charge in [-0.1, -0.05) is 20.8 Å². The molecular formula is C13H26N2O. The molecule has 2 atom stereocenters. The zero-order chi connectivity index (χ0) is 12.1. The third kappa shape index (κ3) is 3.48. The lowest BCUT2D eigenvalue weighted by Gasteiger charge is -2.24. The molecular weight excluding hydrogens is 200 g/mol. The second kappa shape index (κ2) is 6.24. The highest BCUT2D eigenvalue weighted by molar-refractivity contribution is 5.81. The van der Waals surface area contributed by atoms with E-state index in [9.17, 15) is 4.79 Å². The van der Waals surface area contributed by atoms with Gasteiger partial charge in [0.05, 0.1) is 6.04 Å². The minimum absolute atomic E-state index is 0.145. The maximum absolute atomic E-state index is 12.0. The fourth-order valence-corrected chi connectivity index (χ4v) is 2.42. The van der Waals surface area contributed by atoms with Crippen molar-refractivity contribution in [3.05, 3.63) is 0 Å². The Morgan fingerprint density at radius 3 is 2.62 bits per heavy atom. The van der Waals surface area contributed by atoms with Crippen LogP contribution in [0.4, 0.5) is 0 Å². The van der Waals surface area contributed by atoms with Gasteiger partial charge >= 0.3 is 0 Å². The van der Waals surface area contributed by atoms with Crippen LogP contribution < -0.4 is 5.73 Å². The van der Waals surface area contributed by atoms with Gasteiger partial charge < -0.3 is 10.6 Å². The summed E-state index contributed by atoms with van der Waals surface area (Å²) in [7, 11) is 0. The highest BCUT2D eigenvalue weighted by Gasteiger charge is 2.24. The van der Waals surface area contributed by atoms with Crippen molar-refractivity contribution in [2.75, 3.05) is 13.1 Å². The molecule has 2 N–H and O–H groups in total. The maximum Gasteiger partial charge on any atom is 0.239 e. The zero-order valence-corrected chi connectivity index (χ0v) is 10.9. The molecule has 16 heavy (non-hydrogen) atoms. The lowest BCUT2D eigenvalue weighted by Crippen LogP contribution is -2.43. The first-order valence-electron chi connectivity index (χ1n) is 6.60. The number of hydrogen-bond acceptors (Lipinski definition) is 2. The van der Waals surface area contributed by atoms with Crippen LogP contribution in [0.15, 0.2) is 0 Å². The van der Waals surface area contributed by atoms with E-state index in [-0.39, 0.29) is 11.9 Å². The molecule has 0 aromatic carbocycles. The summed E-state index contributed by atoms with van der Waals surface area (Å²) >= 11 is 0. The van der Waals surface area contributed by atoms with Crippen LogP contribution >= 0.6 is 0 Å². The van der Waals surface area contributed by atoms with E-state index in [4.69, 9.17) is 5.73 Å². The zero-order valence-electron chi connectivity index (χ0n) is 10.9. The number of rotatable bonds is 3. The lowest BCUT2D eigenvalue weighted by molar-refractivity contribution is -0.132. The second-order valence-corrected chi connectivity index (χ2v) is 5.28. The van der Waals surface area contributed by atoms with Crippen molar-refractivity contribution in [2.45, 2.75) is 52.5 Å². The van der Waals surface area contributed by atoms with Crippen molar-refractivity contribution in [3.8, 4) is 0 Å². The van der Waals surface area contributed by atoms with Gasteiger partial charge in [-0.2, -0.15) is 0 Å². The van der Waals surface area contributed by atoms with Gasteiger partial charge in [0.2, 0.25) is 5.91 Å². The molecule has 0 bridgehead atoms. The van der Waals surface area contributed by atoms with Crippen molar-refractivity contribution in [1.29, 1.82) is 0 Å². The van der Waals surface area contributed by atoms with Crippen LogP contribution in [-0.4, -0.2) is 29.9 Å². The lowest BCUT2D eigenvalue weighted by atomic mass is 9.89. The van der Waals surface area contributed by atoms with Gasteiger partial charge in [0.1, 0.15) is 0 Å². The Hall–Kier alpha value is -0.570. The fraction of sp³-hybridized carbons (Fsp3) is 0.923. The molecule has 2 unspecified atom stereocenters. The topological polar surface area (TPSA) is 46.3 Å². The minimum Gasteiger partial charge on any atom is -0.341 e. The van der Waals surface area contributed by atoms with Crippen molar-refractivity contribution in [3.63, 3.8) is 0 Å². The molecule has 3 nitrogen and oxygen atoms in total. The standard InChI is InChI=1S/C13H26N2O/c1-4-12(14)13(16)15-8-5-6-11(7-9-15)10(2)3/h10-12H,4-9,14H2,1-3H3. The Morgan fingerprint density at radius 1 is 1.38 bits per heavy atom. The normalized spacial score (nSPS) is 24.3. The highest BCUT2D eigenvalue weighted by atomic mass is 16.2. The van der Waals surface area contributed by atoms with Crippen molar-refractivity contribution >= 4 is 5.91 Å². The predicted octanol–water partition coefficient (Wildman–Crippen LogP) is 2.01. The molecule has 94 valence electrons. The Kier molecular flexibility index (Phi) is 5.26. The third-order valence-corrected chi connectivity index (χ3v) is 3.78. The fourth-order valence-electron chi connectivity index (χ4n) is 2.42. The van der Waals surface area contributed by atoms with Crippen molar-refractivity contribution < 1.29 is 4.79 Å². The van der Waals surface area contributed by atoms with E-state index in [2.05, 4.69) is 13.8 Å². The number of nitrogens with zero attached hydrogens (tertiary/aromatic N) is 1. The van der Waals surface area contributed by atoms with E-state index in [0.717, 1.165) is 44.2 Å². The van der Waals surface area contributed by atoms with Crippen LogP contribution in [0.2, 0.25) is 0 Å². The monoisotopic (exact) mass is 226 g/mol. The van der Waals surface area contributed by atoms with Gasteiger partial charge in [-0.25, -0.2) is 0 Å². The molecule has 0 aliphatic carbocycles. The summed E-state index contributed by atoms with van der Waals surface area (Å²) in [6.45, 7) is 8.32. The SMILES string of the molecule is CCC(N)C(=O)N1CCCC(C(C)C)CC1. The summed E-state index contributed by atoms with van der Waals surface area (Å²) in [6.07, 6.45) is 4.26. The molecule has 1 saturated heterocycles. The average molecular weight is 226 g/mol. The smallest absolute Gasteiger partial charge is 0.239 e. The van der Waals surface area contributed by atoms with E-state index < -0.39 is 0 Å². The van der Waals surface area contributed by atoms with E-state index in [1.165, 1.54) is 6.42 Å². The van der Waals surface area contributed by atoms with E-state index >= 15 is 0 Å². The summed E-state index contributed by atoms with van der Waals surface area (Å²) in [5.74, 6) is 1.65. The van der Waals surface area contributed by atoms with Gasteiger partial charge in [0.25, 0.3) is 0 Å². The van der Waals surface area contributed by atoms with Gasteiger partial charge in [-0.3, -0.25) is 4.79 Å². The number of carbonyl (C=O) groups is 1. The van der Waals surface area contributed by atoms with Crippen LogP contribution in [-0.2, 0) is 4.79 Å². The van der Waals surface area contributed by atoms with Crippen LogP contribution in [0.25, 0.3) is 0 Å². The second-order valence-electron chi connectivity index (χ2n) is 5.28. The van der Waals surface area contributed by atoms with Crippen LogP contribution in [0.3, 0.4) is 0 Å². The number of amides is 1. The first-order chi connectivity index (χ1) is 7.56. The average Bonchev–Trinajstić information content (AvgIpc) is 2.52. The number of nitrogens with two attached hydrogens (primary N) is 1. The molecule has 1 fully saturated rings. The number of hydrogen-bond donors (Lipinski definition) is 1. The van der Waals surface area contributed by atoms with Gasteiger partial charge in [0.15, 0.2) is 0 Å². The molecule has 0 saturated carbocycles. The Labute approximate surface area is 99.4 Å². The quantitative estimate of drug-likeness (QED) is 0.800. The van der Waals surface area contributed by atoms with Crippen LogP contribution in [0.5, 0.6) is 0 Å². The molecule has 0 radical (unpaired) electrons. The summed E-state index contributed by atoms with van der Waals surface area (Å²) in [4.78, 5) is 13.9. The Bertz CT molecular complexity index is 228. The molecule has 0 spiro atoms. The van der Waals surface area contributed by atoms with Gasteiger partial charge in [-0.05, 0) is 37.5 Å². The van der Waals surface area contributed by atoms with Gasteiger partial charge in [0, 0.05) is 13.1 Å². The first kappa shape index (κ1) is 13.5. The summed E-state index contributed by atoms with van der Waals surface area (Å²) in [5, 5.41) is 0. The van der Waals surface area contributed by atoms with Crippen molar-refractivity contribution in [2.24, 2.45) is 17.6 Å². The summed E-state index contributed by atoms with van der Waals surface area (Å²) in [5.41, 5.74) is 5.80. The Balaban J connectivity index is 2.50. The van der Waals surface area contributed by atoms with Gasteiger partial charge in [-0.15, -0.1) is 0 Å². The first-order valence-corrected chi connectivity index (χ1v) is 6.60. The predicted molar refractivity (Wildman–Crippen MR) is 67.0 cm³/mol. The molecule has 1 aliphatic heterocycles. The van der Waals surface area contributed by atoms with E-state index in [1.807, 2.05) is 11.8 Å².